The lowest BCUT2D eigenvalue weighted by Gasteiger charge is -2.37. The highest BCUT2D eigenvalue weighted by atomic mass is 32.1. The van der Waals surface area contributed by atoms with Gasteiger partial charge in [-0.05, 0) is 48.1 Å². The highest BCUT2D eigenvalue weighted by molar-refractivity contribution is 7.14. The lowest BCUT2D eigenvalue weighted by atomic mass is 9.89. The number of ether oxygens (including phenoxy) is 1. The van der Waals surface area contributed by atoms with Crippen molar-refractivity contribution in [3.8, 4) is 10.7 Å². The first kappa shape index (κ1) is 22.2. The maximum absolute atomic E-state index is 13.8. The van der Waals surface area contributed by atoms with E-state index in [0.29, 0.717) is 55.7 Å². The molecule has 6 rings (SSSR count). The third-order valence-corrected chi connectivity index (χ3v) is 8.02. The van der Waals surface area contributed by atoms with E-state index in [1.807, 2.05) is 5.38 Å². The summed E-state index contributed by atoms with van der Waals surface area (Å²) in [7, 11) is 0. The molecular formula is C25H22F2N4O3S. The maximum Gasteiger partial charge on any atom is 0.257 e. The summed E-state index contributed by atoms with van der Waals surface area (Å²) in [6.45, 7) is 0.741. The van der Waals surface area contributed by atoms with Gasteiger partial charge in [-0.15, -0.1) is 11.3 Å². The fourth-order valence-corrected chi connectivity index (χ4v) is 6.28. The molecule has 2 unspecified atom stereocenters. The van der Waals surface area contributed by atoms with Crippen molar-refractivity contribution in [3.05, 3.63) is 70.9 Å². The second kappa shape index (κ2) is 8.46. The van der Waals surface area contributed by atoms with Gasteiger partial charge in [0.1, 0.15) is 17.9 Å². The number of aromatic nitrogens is 2. The van der Waals surface area contributed by atoms with Gasteiger partial charge in [-0.2, -0.15) is 0 Å². The van der Waals surface area contributed by atoms with Gasteiger partial charge < -0.3 is 14.5 Å². The molecule has 0 aliphatic carbocycles. The van der Waals surface area contributed by atoms with Crippen molar-refractivity contribution in [1.29, 1.82) is 0 Å². The summed E-state index contributed by atoms with van der Waals surface area (Å²) in [6.07, 6.45) is 4.80. The number of fused-ring (bicyclic) bond motifs is 1. The van der Waals surface area contributed by atoms with Crippen molar-refractivity contribution in [3.63, 3.8) is 0 Å². The Kier molecular flexibility index (Phi) is 5.37. The number of carbonyl (C=O) groups is 2. The lowest BCUT2D eigenvalue weighted by Crippen LogP contribution is -2.51. The van der Waals surface area contributed by atoms with Gasteiger partial charge >= 0.3 is 0 Å². The highest BCUT2D eigenvalue weighted by Crippen LogP contribution is 2.48. The monoisotopic (exact) mass is 496 g/mol. The molecule has 7 nitrogen and oxygen atoms in total. The molecule has 3 saturated heterocycles. The van der Waals surface area contributed by atoms with Crippen LogP contribution in [0.15, 0.2) is 48.1 Å². The van der Waals surface area contributed by atoms with Crippen LogP contribution in [0.4, 0.5) is 8.78 Å². The van der Waals surface area contributed by atoms with E-state index in [4.69, 9.17) is 4.74 Å². The van der Waals surface area contributed by atoms with Crippen molar-refractivity contribution >= 4 is 23.2 Å². The molecule has 0 bridgehead atoms. The van der Waals surface area contributed by atoms with Gasteiger partial charge in [-0.25, -0.2) is 18.7 Å². The molecule has 3 aliphatic rings. The number of carbonyl (C=O) groups excluding carboxylic acids is 2. The van der Waals surface area contributed by atoms with Gasteiger partial charge in [0.05, 0.1) is 16.5 Å². The second-order valence-electron chi connectivity index (χ2n) is 9.10. The van der Waals surface area contributed by atoms with Crippen LogP contribution < -0.4 is 0 Å². The van der Waals surface area contributed by atoms with Crippen LogP contribution in [-0.4, -0.2) is 56.5 Å². The zero-order chi connectivity index (χ0) is 24.2. The van der Waals surface area contributed by atoms with Crippen LogP contribution in [0, 0.1) is 11.6 Å². The fraction of sp³-hybridized carbons (Fsp3) is 0.360. The van der Waals surface area contributed by atoms with Crippen LogP contribution in [0.25, 0.3) is 10.7 Å². The average Bonchev–Trinajstić information content (AvgIpc) is 3.56. The minimum atomic E-state index is -1.01. The number of hydrogen-bond acceptors (Lipinski definition) is 6. The fourth-order valence-electron chi connectivity index (χ4n) is 5.45. The van der Waals surface area contributed by atoms with Gasteiger partial charge in [0.2, 0.25) is 0 Å². The van der Waals surface area contributed by atoms with Gasteiger partial charge in [0, 0.05) is 44.4 Å². The van der Waals surface area contributed by atoms with E-state index in [2.05, 4.69) is 9.97 Å². The van der Waals surface area contributed by atoms with E-state index in [0.717, 1.165) is 10.9 Å². The van der Waals surface area contributed by atoms with Crippen LogP contribution in [0.3, 0.4) is 0 Å². The zero-order valence-electron chi connectivity index (χ0n) is 18.7. The molecule has 0 saturated carbocycles. The summed E-state index contributed by atoms with van der Waals surface area (Å²) < 4.78 is 33.9. The number of thiophene rings is 1. The molecule has 5 heterocycles. The summed E-state index contributed by atoms with van der Waals surface area (Å²) in [5.41, 5.74) is -0.0178. The molecule has 2 aromatic heterocycles. The molecule has 2 atom stereocenters. The van der Waals surface area contributed by atoms with Gasteiger partial charge in [-0.1, -0.05) is 0 Å². The van der Waals surface area contributed by atoms with E-state index >= 15 is 0 Å². The molecular weight excluding hydrogens is 474 g/mol. The number of amides is 2. The summed E-state index contributed by atoms with van der Waals surface area (Å²) in [6, 6.07) is 6.47. The number of hydrogen-bond donors (Lipinski definition) is 0. The third kappa shape index (κ3) is 3.71. The average molecular weight is 497 g/mol. The number of nitrogens with zero attached hydrogens (tertiary/aromatic N) is 4. The SMILES string of the molecule is O=C(c1ccsc1-c1ncccn1)N1CCC2(CC1)OC1CCC(c3cc(F)cc(F)c3)N1C2=O. The van der Waals surface area contributed by atoms with E-state index in [-0.39, 0.29) is 11.8 Å². The minimum Gasteiger partial charge on any atom is -0.342 e. The number of rotatable bonds is 3. The first-order chi connectivity index (χ1) is 16.9. The van der Waals surface area contributed by atoms with Crippen LogP contribution >= 0.6 is 11.3 Å². The predicted molar refractivity (Wildman–Crippen MR) is 123 cm³/mol. The quantitative estimate of drug-likeness (QED) is 0.544. The summed E-state index contributed by atoms with van der Waals surface area (Å²) >= 11 is 1.41. The molecule has 180 valence electrons. The molecule has 0 radical (unpaired) electrons. The summed E-state index contributed by atoms with van der Waals surface area (Å²) in [4.78, 5) is 39.5. The Labute approximate surface area is 204 Å². The normalized spacial score (nSPS) is 23.2. The van der Waals surface area contributed by atoms with Crippen molar-refractivity contribution < 1.29 is 23.1 Å². The zero-order valence-corrected chi connectivity index (χ0v) is 19.5. The third-order valence-electron chi connectivity index (χ3n) is 7.11. The van der Waals surface area contributed by atoms with Crippen molar-refractivity contribution in [1.82, 2.24) is 19.8 Å². The number of halogens is 2. The van der Waals surface area contributed by atoms with Crippen LogP contribution in [0.2, 0.25) is 0 Å². The Morgan fingerprint density at radius 2 is 1.80 bits per heavy atom. The van der Waals surface area contributed by atoms with Crippen LogP contribution in [0.5, 0.6) is 0 Å². The summed E-state index contributed by atoms with van der Waals surface area (Å²) in [5.74, 6) is -1.09. The van der Waals surface area contributed by atoms with Crippen LogP contribution in [-0.2, 0) is 9.53 Å². The highest BCUT2D eigenvalue weighted by Gasteiger charge is 2.58. The Hall–Kier alpha value is -3.24. The van der Waals surface area contributed by atoms with E-state index in [9.17, 15) is 18.4 Å². The van der Waals surface area contributed by atoms with Gasteiger partial charge in [0.25, 0.3) is 11.8 Å². The number of benzene rings is 1. The van der Waals surface area contributed by atoms with Gasteiger partial charge in [-0.3, -0.25) is 9.59 Å². The topological polar surface area (TPSA) is 75.6 Å². The molecule has 1 spiro atoms. The lowest BCUT2D eigenvalue weighted by molar-refractivity contribution is -0.142. The van der Waals surface area contributed by atoms with E-state index < -0.39 is 29.5 Å². The smallest absolute Gasteiger partial charge is 0.257 e. The Bertz CT molecular complexity index is 1270. The Balaban J connectivity index is 1.18. The first-order valence-corrected chi connectivity index (χ1v) is 12.4. The predicted octanol–water partition coefficient (Wildman–Crippen LogP) is 4.18. The molecule has 3 fully saturated rings. The Morgan fingerprint density at radius 3 is 2.51 bits per heavy atom. The molecule has 2 amide bonds. The molecule has 3 aliphatic heterocycles. The van der Waals surface area contributed by atoms with Crippen molar-refractivity contribution in [2.75, 3.05) is 13.1 Å². The van der Waals surface area contributed by atoms with E-state index in [1.54, 1.807) is 34.3 Å². The second-order valence-corrected chi connectivity index (χ2v) is 10.0. The molecule has 0 N–H and O–H groups in total. The molecule has 3 aromatic rings. The largest absolute Gasteiger partial charge is 0.342 e. The number of piperidine rings is 1. The summed E-state index contributed by atoms with van der Waals surface area (Å²) in [5, 5.41) is 1.85. The first-order valence-electron chi connectivity index (χ1n) is 11.6. The van der Waals surface area contributed by atoms with E-state index in [1.165, 1.54) is 23.5 Å². The molecule has 35 heavy (non-hydrogen) atoms. The minimum absolute atomic E-state index is 0.123. The maximum atomic E-state index is 13.8. The van der Waals surface area contributed by atoms with Crippen LogP contribution in [0.1, 0.15) is 47.6 Å². The Morgan fingerprint density at radius 1 is 1.09 bits per heavy atom. The van der Waals surface area contributed by atoms with Crippen molar-refractivity contribution in [2.24, 2.45) is 0 Å². The number of likely N-dealkylation sites (tertiary alicyclic amines) is 1. The van der Waals surface area contributed by atoms with Crippen molar-refractivity contribution in [2.45, 2.75) is 43.6 Å². The molecule has 10 heteroatoms. The van der Waals surface area contributed by atoms with Gasteiger partial charge in [0.15, 0.2) is 11.4 Å². The molecule has 1 aromatic carbocycles. The standard InChI is InChI=1S/C25H22F2N4O3S/c26-16-12-15(13-17(27)14-16)19-2-3-20-31(19)24(33)25(34-20)5-9-30(10-6-25)23(32)18-4-11-35-21(18)22-28-7-1-8-29-22/h1,4,7-8,11-14,19-20H,2-3,5-6,9-10H2.